The van der Waals surface area contributed by atoms with E-state index in [2.05, 4.69) is 29.5 Å². The van der Waals surface area contributed by atoms with E-state index < -0.39 is 0 Å². The van der Waals surface area contributed by atoms with Gasteiger partial charge in [-0.05, 0) is 12.8 Å². The molecule has 0 amide bonds. The Hall–Kier alpha value is 0.730. The van der Waals surface area contributed by atoms with Crippen molar-refractivity contribution in [1.29, 1.82) is 0 Å². The first-order chi connectivity index (χ1) is 2.21. The van der Waals surface area contributed by atoms with Gasteiger partial charge < -0.3 is 0 Å². The summed E-state index contributed by atoms with van der Waals surface area (Å²) in [6, 6.07) is 0. The van der Waals surface area contributed by atoms with Gasteiger partial charge in [-0.15, -0.1) is 0 Å². The van der Waals surface area contributed by atoms with Crippen LogP contribution in [0.4, 0.5) is 0 Å². The fourth-order valence-electron chi connectivity index (χ4n) is 0.172. The molecule has 30 valence electrons. The van der Waals surface area contributed by atoms with Gasteiger partial charge in [-0.3, -0.25) is 0 Å². The predicted molar refractivity (Wildman–Crippen MR) is 31.7 cm³/mol. The van der Waals surface area contributed by atoms with E-state index in [1.54, 1.807) is 0 Å². The zero-order valence-electron chi connectivity index (χ0n) is 3.29. The Labute approximate surface area is 46.1 Å². The fraction of sp³-hybridized carbons (Fsp3) is 1.00. The highest BCUT2D eigenvalue weighted by atomic mass is 127. The Morgan fingerprint density at radius 2 is 1.80 bits per heavy atom. The molecule has 0 aromatic rings. The molecule has 0 saturated heterocycles. The molecule has 5 heavy (non-hydrogen) atoms. The molecule has 0 unspecified atom stereocenters. The zero-order valence-corrected chi connectivity index (χ0v) is 5.45. The first kappa shape index (κ1) is 3.90. The van der Waals surface area contributed by atoms with E-state index in [1.165, 1.54) is 12.8 Å². The molecule has 1 heteroatoms. The van der Waals surface area contributed by atoms with Gasteiger partial charge in [0.15, 0.2) is 0 Å². The number of hydrogen-bond donors (Lipinski definition) is 0. The van der Waals surface area contributed by atoms with Gasteiger partial charge in [0, 0.05) is 3.42 Å². The molecule has 0 bridgehead atoms. The van der Waals surface area contributed by atoms with Crippen LogP contribution in [0.25, 0.3) is 0 Å². The molecule has 1 aliphatic rings. The van der Waals surface area contributed by atoms with Crippen LogP contribution in [0.1, 0.15) is 19.8 Å². The van der Waals surface area contributed by atoms with E-state index in [0.29, 0.717) is 0 Å². The largest absolute Gasteiger partial charge is 0.0792 e. The van der Waals surface area contributed by atoms with Crippen LogP contribution in [0.2, 0.25) is 0 Å². The van der Waals surface area contributed by atoms with Crippen molar-refractivity contribution in [2.75, 3.05) is 0 Å². The smallest absolute Gasteiger partial charge is 0.0195 e. The normalized spacial score (nSPS) is 30.0. The summed E-state index contributed by atoms with van der Waals surface area (Å²) in [7, 11) is 0. The highest BCUT2D eigenvalue weighted by Gasteiger charge is 2.33. The molecular weight excluding hydrogens is 175 g/mol. The first-order valence-corrected chi connectivity index (χ1v) is 2.97. The molecule has 0 radical (unpaired) electrons. The summed E-state index contributed by atoms with van der Waals surface area (Å²) >= 11 is 2.49. The lowest BCUT2D eigenvalue weighted by Crippen LogP contribution is -1.78. The number of hydrogen-bond acceptors (Lipinski definition) is 0. The van der Waals surface area contributed by atoms with Crippen LogP contribution in [0.3, 0.4) is 0 Å². The van der Waals surface area contributed by atoms with Crippen molar-refractivity contribution >= 4 is 22.6 Å². The van der Waals surface area contributed by atoms with E-state index in [4.69, 9.17) is 0 Å². The minimum Gasteiger partial charge on any atom is -0.0792 e. The van der Waals surface area contributed by atoms with E-state index >= 15 is 0 Å². The zero-order chi connectivity index (χ0) is 3.91. The fourth-order valence-corrected chi connectivity index (χ4v) is 0.442. The van der Waals surface area contributed by atoms with E-state index in [1.807, 2.05) is 0 Å². The summed E-state index contributed by atoms with van der Waals surface area (Å²) in [5.74, 6) is 0. The third-order valence-corrected chi connectivity index (χ3v) is 2.02. The van der Waals surface area contributed by atoms with Crippen LogP contribution in [-0.2, 0) is 0 Å². The molecule has 1 fully saturated rings. The minimum absolute atomic E-state index is 0.720. The van der Waals surface area contributed by atoms with Gasteiger partial charge in [0.1, 0.15) is 0 Å². The van der Waals surface area contributed by atoms with Crippen molar-refractivity contribution in [2.45, 2.75) is 23.2 Å². The maximum atomic E-state index is 2.49. The molecule has 1 aliphatic carbocycles. The molecule has 0 nitrogen and oxygen atoms in total. The third-order valence-electron chi connectivity index (χ3n) is 0.939. The Kier molecular flexibility index (Phi) is 0.674. The average Bonchev–Trinajstić information content (AvgIpc) is 1.76. The number of alkyl halides is 1. The summed E-state index contributed by atoms with van der Waals surface area (Å²) in [4.78, 5) is 0. The summed E-state index contributed by atoms with van der Waals surface area (Å²) in [6.07, 6.45) is 2.88. The molecule has 0 aliphatic heterocycles. The molecule has 0 heterocycles. The summed E-state index contributed by atoms with van der Waals surface area (Å²) < 4.78 is 0.720. The van der Waals surface area contributed by atoms with Gasteiger partial charge >= 0.3 is 0 Å². The lowest BCUT2D eigenvalue weighted by Gasteiger charge is -1.83. The second kappa shape index (κ2) is 0.863. The quantitative estimate of drug-likeness (QED) is 0.396. The monoisotopic (exact) mass is 182 g/mol. The van der Waals surface area contributed by atoms with Gasteiger partial charge in [-0.25, -0.2) is 0 Å². The molecule has 1 saturated carbocycles. The van der Waals surface area contributed by atoms with Crippen LogP contribution in [0.15, 0.2) is 0 Å². The van der Waals surface area contributed by atoms with Crippen LogP contribution in [0, 0.1) is 0 Å². The Bertz CT molecular complexity index is 41.6. The third kappa shape index (κ3) is 1.07. The highest BCUT2D eigenvalue weighted by molar-refractivity contribution is 14.1. The van der Waals surface area contributed by atoms with E-state index in [0.717, 1.165) is 3.42 Å². The Morgan fingerprint density at radius 3 is 1.80 bits per heavy atom. The Morgan fingerprint density at radius 1 is 1.60 bits per heavy atom. The predicted octanol–water partition coefficient (Wildman–Crippen LogP) is 1.97. The van der Waals surface area contributed by atoms with Gasteiger partial charge in [-0.2, -0.15) is 0 Å². The van der Waals surface area contributed by atoms with Crippen molar-refractivity contribution in [3.63, 3.8) is 0 Å². The Balaban J connectivity index is 2.38. The minimum atomic E-state index is 0.720. The van der Waals surface area contributed by atoms with Crippen molar-refractivity contribution < 1.29 is 0 Å². The van der Waals surface area contributed by atoms with Crippen molar-refractivity contribution in [1.82, 2.24) is 0 Å². The number of halogens is 1. The second-order valence-electron chi connectivity index (χ2n) is 1.91. The van der Waals surface area contributed by atoms with Crippen molar-refractivity contribution in [3.05, 3.63) is 0 Å². The molecular formula is C4H7I. The SMILES string of the molecule is CC1(I)CC1. The topological polar surface area (TPSA) is 0 Å². The maximum absolute atomic E-state index is 2.49. The van der Waals surface area contributed by atoms with Crippen LogP contribution < -0.4 is 0 Å². The summed E-state index contributed by atoms with van der Waals surface area (Å²) in [6.45, 7) is 2.29. The molecule has 0 aromatic carbocycles. The van der Waals surface area contributed by atoms with Crippen LogP contribution in [-0.4, -0.2) is 3.42 Å². The standard InChI is InChI=1S/C4H7I/c1-4(5)2-3-4/h2-3H2,1H3. The molecule has 0 spiro atoms. The lowest BCUT2D eigenvalue weighted by atomic mass is 10.5. The van der Waals surface area contributed by atoms with Crippen molar-refractivity contribution in [3.8, 4) is 0 Å². The molecule has 0 N–H and O–H groups in total. The first-order valence-electron chi connectivity index (χ1n) is 1.90. The molecule has 0 atom stereocenters. The highest BCUT2D eigenvalue weighted by Crippen LogP contribution is 2.43. The van der Waals surface area contributed by atoms with Gasteiger partial charge in [0.05, 0.1) is 0 Å². The van der Waals surface area contributed by atoms with Gasteiger partial charge in [0.2, 0.25) is 0 Å². The van der Waals surface area contributed by atoms with Gasteiger partial charge in [-0.1, -0.05) is 29.5 Å². The van der Waals surface area contributed by atoms with Crippen LogP contribution >= 0.6 is 22.6 Å². The average molecular weight is 182 g/mol. The molecule has 0 aromatic heterocycles. The lowest BCUT2D eigenvalue weighted by molar-refractivity contribution is 1.11. The van der Waals surface area contributed by atoms with E-state index in [-0.39, 0.29) is 0 Å². The summed E-state index contributed by atoms with van der Waals surface area (Å²) in [5, 5.41) is 0. The summed E-state index contributed by atoms with van der Waals surface area (Å²) in [5.41, 5.74) is 0. The molecule has 1 rings (SSSR count). The van der Waals surface area contributed by atoms with Crippen molar-refractivity contribution in [2.24, 2.45) is 0 Å². The maximum Gasteiger partial charge on any atom is 0.0195 e. The van der Waals surface area contributed by atoms with Crippen LogP contribution in [0.5, 0.6) is 0 Å². The second-order valence-corrected chi connectivity index (χ2v) is 4.52. The number of rotatable bonds is 0. The van der Waals surface area contributed by atoms with E-state index in [9.17, 15) is 0 Å². The van der Waals surface area contributed by atoms with Gasteiger partial charge in [0.25, 0.3) is 0 Å².